The number of primary amides is 1. The highest BCUT2D eigenvalue weighted by Crippen LogP contribution is 2.48. The summed E-state index contributed by atoms with van der Waals surface area (Å²) in [5, 5.41) is 13.7. The Hall–Kier alpha value is -4.20. The average molecular weight is 681 g/mol. The molecule has 1 aliphatic heterocycles. The third-order valence-corrected chi connectivity index (χ3v) is 8.47. The van der Waals surface area contributed by atoms with Crippen LogP contribution in [0.15, 0.2) is 42.5 Å². The zero-order valence-corrected chi connectivity index (χ0v) is 25.8. The summed E-state index contributed by atoms with van der Waals surface area (Å²) < 4.78 is 69.8. The number of benzene rings is 2. The molecule has 3 heterocycles. The number of aliphatic hydroxyl groups is 1. The number of rotatable bonds is 9. The van der Waals surface area contributed by atoms with Crippen molar-refractivity contribution in [2.45, 2.75) is 37.5 Å². The van der Waals surface area contributed by atoms with Crippen molar-refractivity contribution in [1.82, 2.24) is 15.3 Å². The Balaban J connectivity index is 1.58. The summed E-state index contributed by atoms with van der Waals surface area (Å²) in [6, 6.07) is 8.88. The Morgan fingerprint density at radius 2 is 1.91 bits per heavy atom. The normalized spacial score (nSPS) is 15.6. The lowest BCUT2D eigenvalue weighted by Crippen LogP contribution is -2.51. The maximum atomic E-state index is 14.8. The van der Waals surface area contributed by atoms with Gasteiger partial charge in [-0.05, 0) is 43.7 Å². The number of nitrogens with one attached hydrogen (secondary N) is 1. The number of carbonyl (C=O) groups excluding carboxylic acids is 2. The van der Waals surface area contributed by atoms with E-state index in [1.807, 2.05) is 0 Å². The largest absolute Gasteiger partial charge is 0.494 e. The fourth-order valence-corrected chi connectivity index (χ4v) is 5.55. The zero-order chi connectivity index (χ0) is 33.6. The van der Waals surface area contributed by atoms with Gasteiger partial charge in [0, 0.05) is 34.4 Å². The highest BCUT2D eigenvalue weighted by molar-refractivity contribution is 6.33. The van der Waals surface area contributed by atoms with Gasteiger partial charge in [0.05, 0.1) is 41.7 Å². The standard InChI is InChI=1S/C31H26Cl2F4N4O5/c1-14-20(32)9-16-8-17(10-22(45-2)26(16)40-14)29(43)39-13-30(44,31(35,36)37)23-11-19-15(6-7-24(38)42)12-46-28(19)27(41-23)18-4-3-5-21(34)25(18)33/h3-5,8-11,15,44H,6-7,12-13H2,1-2H3,(H2,38,42)(H,39,43)/t15-,30?/m1/s1. The number of hydrogen-bond donors (Lipinski definition) is 3. The van der Waals surface area contributed by atoms with Gasteiger partial charge in [0.2, 0.25) is 11.5 Å². The number of fused-ring (bicyclic) bond motifs is 2. The van der Waals surface area contributed by atoms with Gasteiger partial charge in [-0.3, -0.25) is 9.59 Å². The van der Waals surface area contributed by atoms with Crippen LogP contribution in [0.4, 0.5) is 17.6 Å². The molecule has 0 spiro atoms. The summed E-state index contributed by atoms with van der Waals surface area (Å²) >= 11 is 12.4. The van der Waals surface area contributed by atoms with Crippen LogP contribution in [-0.2, 0) is 10.4 Å². The van der Waals surface area contributed by atoms with E-state index in [9.17, 15) is 32.3 Å². The number of methoxy groups -OCH3 is 1. The number of halogens is 6. The summed E-state index contributed by atoms with van der Waals surface area (Å²) in [5.74, 6) is -2.89. The molecular formula is C31H26Cl2F4N4O5. The lowest BCUT2D eigenvalue weighted by atomic mass is 9.90. The molecule has 1 aliphatic rings. The van der Waals surface area contributed by atoms with Crippen molar-refractivity contribution in [3.05, 3.63) is 80.8 Å². The number of nitrogens with two attached hydrogens (primary N) is 1. The van der Waals surface area contributed by atoms with Crippen LogP contribution in [0.2, 0.25) is 10.0 Å². The van der Waals surface area contributed by atoms with Gasteiger partial charge in [-0.2, -0.15) is 13.2 Å². The molecule has 242 valence electrons. The highest BCUT2D eigenvalue weighted by atomic mass is 35.5. The monoisotopic (exact) mass is 680 g/mol. The molecule has 0 aliphatic carbocycles. The third-order valence-electron chi connectivity index (χ3n) is 7.71. The Morgan fingerprint density at radius 1 is 1.17 bits per heavy atom. The topological polar surface area (TPSA) is 137 Å². The molecule has 2 atom stereocenters. The Labute approximate surface area is 269 Å². The molecule has 15 heteroatoms. The summed E-state index contributed by atoms with van der Waals surface area (Å²) in [4.78, 5) is 33.1. The number of amides is 2. The maximum Gasteiger partial charge on any atom is 0.424 e. The van der Waals surface area contributed by atoms with Crippen LogP contribution >= 0.6 is 23.2 Å². The Bertz CT molecular complexity index is 1870. The van der Waals surface area contributed by atoms with Gasteiger partial charge in [0.1, 0.15) is 28.5 Å². The van der Waals surface area contributed by atoms with Crippen molar-refractivity contribution >= 4 is 45.9 Å². The molecular weight excluding hydrogens is 655 g/mol. The second-order valence-corrected chi connectivity index (χ2v) is 11.5. The zero-order valence-electron chi connectivity index (χ0n) is 24.3. The molecule has 0 fully saturated rings. The van der Waals surface area contributed by atoms with Gasteiger partial charge < -0.3 is 25.6 Å². The minimum absolute atomic E-state index is 0.0186. The molecule has 0 radical (unpaired) electrons. The molecule has 5 rings (SSSR count). The Kier molecular flexibility index (Phi) is 9.04. The van der Waals surface area contributed by atoms with Crippen LogP contribution in [-0.4, -0.2) is 53.3 Å². The number of alkyl halides is 3. The van der Waals surface area contributed by atoms with Crippen molar-refractivity contribution in [2.24, 2.45) is 5.73 Å². The lowest BCUT2D eigenvalue weighted by Gasteiger charge is -2.31. The second kappa shape index (κ2) is 12.5. The molecule has 9 nitrogen and oxygen atoms in total. The number of carbonyl (C=O) groups is 2. The lowest BCUT2D eigenvalue weighted by molar-refractivity contribution is -0.265. The van der Waals surface area contributed by atoms with Crippen LogP contribution in [0, 0.1) is 12.7 Å². The molecule has 2 amide bonds. The van der Waals surface area contributed by atoms with Crippen LogP contribution in [0.1, 0.15) is 46.1 Å². The van der Waals surface area contributed by atoms with Crippen LogP contribution in [0.3, 0.4) is 0 Å². The van der Waals surface area contributed by atoms with Gasteiger partial charge in [-0.1, -0.05) is 35.3 Å². The second-order valence-electron chi connectivity index (χ2n) is 10.7. The van der Waals surface area contributed by atoms with Crippen molar-refractivity contribution in [2.75, 3.05) is 20.3 Å². The smallest absolute Gasteiger partial charge is 0.424 e. The number of ether oxygens (including phenoxy) is 2. The van der Waals surface area contributed by atoms with E-state index in [0.717, 1.165) is 12.1 Å². The van der Waals surface area contributed by atoms with E-state index in [4.69, 9.17) is 38.4 Å². The summed E-state index contributed by atoms with van der Waals surface area (Å²) in [5.41, 5.74) is 1.25. The molecule has 1 unspecified atom stereocenters. The van der Waals surface area contributed by atoms with Crippen molar-refractivity contribution in [3.63, 3.8) is 0 Å². The van der Waals surface area contributed by atoms with Crippen molar-refractivity contribution in [3.8, 4) is 22.8 Å². The molecule has 0 saturated carbocycles. The first-order valence-corrected chi connectivity index (χ1v) is 14.5. The average Bonchev–Trinajstić information content (AvgIpc) is 3.42. The summed E-state index contributed by atoms with van der Waals surface area (Å²) in [7, 11) is 1.34. The maximum absolute atomic E-state index is 14.8. The fourth-order valence-electron chi connectivity index (χ4n) is 5.17. The molecule has 0 saturated heterocycles. The Morgan fingerprint density at radius 3 is 2.59 bits per heavy atom. The van der Waals surface area contributed by atoms with Crippen LogP contribution in [0.5, 0.6) is 11.5 Å². The van der Waals surface area contributed by atoms with E-state index in [0.29, 0.717) is 21.6 Å². The number of aryl methyl sites for hydroxylation is 1. The highest BCUT2D eigenvalue weighted by Gasteiger charge is 2.57. The molecule has 2 aromatic heterocycles. The fraction of sp³-hybridized carbons (Fsp3) is 0.290. The minimum Gasteiger partial charge on any atom is -0.494 e. The quantitative estimate of drug-likeness (QED) is 0.185. The summed E-state index contributed by atoms with van der Waals surface area (Å²) in [6.45, 7) is 0.265. The van der Waals surface area contributed by atoms with E-state index in [1.54, 1.807) is 6.92 Å². The number of nitrogens with zero attached hydrogens (tertiary/aromatic N) is 2. The SMILES string of the molecule is COc1cc(C(=O)NCC(O)(c2cc3c(c(-c4cccc(F)c4Cl)n2)OC[C@H]3CCC(N)=O)C(F)(F)F)cc2cc(Cl)c(C)nc12. The van der Waals surface area contributed by atoms with E-state index in [1.165, 1.54) is 37.4 Å². The summed E-state index contributed by atoms with van der Waals surface area (Å²) in [6.07, 6.45) is -5.36. The third kappa shape index (κ3) is 6.14. The van der Waals surface area contributed by atoms with Gasteiger partial charge in [-0.15, -0.1) is 0 Å². The number of aromatic nitrogens is 2. The molecule has 2 aromatic carbocycles. The minimum atomic E-state index is -5.37. The molecule has 0 bridgehead atoms. The van der Waals surface area contributed by atoms with E-state index in [2.05, 4.69) is 15.3 Å². The van der Waals surface area contributed by atoms with Crippen molar-refractivity contribution < 1.29 is 41.7 Å². The molecule has 4 N–H and O–H groups in total. The predicted octanol–water partition coefficient (Wildman–Crippen LogP) is 5.98. The predicted molar refractivity (Wildman–Crippen MR) is 162 cm³/mol. The van der Waals surface area contributed by atoms with E-state index >= 15 is 0 Å². The van der Waals surface area contributed by atoms with E-state index in [-0.39, 0.29) is 53.3 Å². The van der Waals surface area contributed by atoms with Crippen LogP contribution in [0.25, 0.3) is 22.2 Å². The number of pyridine rings is 2. The van der Waals surface area contributed by atoms with Gasteiger partial charge in [0.15, 0.2) is 0 Å². The molecule has 46 heavy (non-hydrogen) atoms. The molecule has 4 aromatic rings. The first-order chi connectivity index (χ1) is 21.6. The number of hydrogen-bond acceptors (Lipinski definition) is 7. The first-order valence-electron chi connectivity index (χ1n) is 13.8. The van der Waals surface area contributed by atoms with Crippen molar-refractivity contribution in [1.29, 1.82) is 0 Å². The van der Waals surface area contributed by atoms with Crippen LogP contribution < -0.4 is 20.5 Å². The van der Waals surface area contributed by atoms with Gasteiger partial charge in [-0.25, -0.2) is 14.4 Å². The van der Waals surface area contributed by atoms with E-state index < -0.39 is 52.6 Å². The van der Waals surface area contributed by atoms with Gasteiger partial charge in [0.25, 0.3) is 5.91 Å². The van der Waals surface area contributed by atoms with Gasteiger partial charge >= 0.3 is 6.18 Å². The first kappa shape index (κ1) is 33.2.